The third-order valence-corrected chi connectivity index (χ3v) is 2.92. The van der Waals surface area contributed by atoms with E-state index in [1.807, 2.05) is 0 Å². The van der Waals surface area contributed by atoms with Gasteiger partial charge in [0.1, 0.15) is 18.2 Å². The van der Waals surface area contributed by atoms with Gasteiger partial charge in [-0.05, 0) is 0 Å². The van der Waals surface area contributed by atoms with Crippen LogP contribution in [0.1, 0.15) is 6.92 Å². The quantitative estimate of drug-likeness (QED) is 0.375. The van der Waals surface area contributed by atoms with Gasteiger partial charge in [0.15, 0.2) is 12.5 Å². The number of phosphoric ester groups is 1. The molecule has 5 atom stereocenters. The van der Waals surface area contributed by atoms with Crippen molar-refractivity contribution >= 4 is 13.7 Å². The van der Waals surface area contributed by atoms with Crippen LogP contribution in [-0.4, -0.2) is 63.2 Å². The molecule has 0 aromatic heterocycles. The van der Waals surface area contributed by atoms with E-state index in [4.69, 9.17) is 19.6 Å². The lowest BCUT2D eigenvalue weighted by Gasteiger charge is -2.40. The highest BCUT2D eigenvalue weighted by atomic mass is 31.2. The van der Waals surface area contributed by atoms with E-state index in [1.54, 1.807) is 0 Å². The Balaban J connectivity index is 2.92. The maximum atomic E-state index is 13.6. The van der Waals surface area contributed by atoms with Gasteiger partial charge in [0.2, 0.25) is 5.91 Å². The number of amides is 1. The van der Waals surface area contributed by atoms with E-state index >= 15 is 0 Å². The van der Waals surface area contributed by atoms with E-state index < -0.39 is 51.0 Å². The smallest absolute Gasteiger partial charge is 0.394 e. The summed E-state index contributed by atoms with van der Waals surface area (Å²) in [5.41, 5.74) is 0. The predicted molar refractivity (Wildman–Crippen MR) is 57.4 cm³/mol. The monoisotopic (exact) mass is 303 g/mol. The van der Waals surface area contributed by atoms with Crippen molar-refractivity contribution in [2.45, 2.75) is 37.6 Å². The minimum atomic E-state index is -4.99. The molecule has 1 aliphatic heterocycles. The molecule has 112 valence electrons. The summed E-state index contributed by atoms with van der Waals surface area (Å²) < 4.78 is 33.4. The van der Waals surface area contributed by atoms with E-state index in [1.165, 1.54) is 0 Å². The predicted octanol–water partition coefficient (Wildman–Crippen LogP) is -1.98. The van der Waals surface area contributed by atoms with Crippen molar-refractivity contribution in [2.75, 3.05) is 6.61 Å². The summed E-state index contributed by atoms with van der Waals surface area (Å²) in [4.78, 5) is 28.3. The Labute approximate surface area is 107 Å². The molecule has 1 aliphatic rings. The number of ether oxygens (including phenoxy) is 1. The van der Waals surface area contributed by atoms with Gasteiger partial charge in [0, 0.05) is 6.92 Å². The molecule has 0 saturated carbocycles. The van der Waals surface area contributed by atoms with Crippen molar-refractivity contribution in [3.63, 3.8) is 0 Å². The van der Waals surface area contributed by atoms with Gasteiger partial charge in [0.25, 0.3) is 0 Å². The molecule has 9 nitrogen and oxygen atoms in total. The molecule has 0 aliphatic carbocycles. The highest BCUT2D eigenvalue weighted by Gasteiger charge is 2.48. The van der Waals surface area contributed by atoms with Gasteiger partial charge in [-0.2, -0.15) is 0 Å². The standard InChI is InChI=1S/C8H15FNO8P/c1-3(12)10-6-7(13)5(9)4(2-11)17-8(6)18-19(14,15)16/h4-8,11,13H,2H2,1H3,(H,10,12)(H2,14,15,16)/t4-,5+,6-,7+,8-/m1/s1. The summed E-state index contributed by atoms with van der Waals surface area (Å²) >= 11 is 0. The van der Waals surface area contributed by atoms with Crippen LogP contribution in [0.5, 0.6) is 0 Å². The number of hydrogen-bond donors (Lipinski definition) is 5. The van der Waals surface area contributed by atoms with Crippen LogP contribution in [0.15, 0.2) is 0 Å². The largest absolute Gasteiger partial charge is 0.472 e. The minimum Gasteiger partial charge on any atom is -0.394 e. The summed E-state index contributed by atoms with van der Waals surface area (Å²) in [6.07, 6.45) is -7.19. The van der Waals surface area contributed by atoms with E-state index in [-0.39, 0.29) is 0 Å². The van der Waals surface area contributed by atoms with Gasteiger partial charge in [-0.25, -0.2) is 8.96 Å². The fraction of sp³-hybridized carbons (Fsp3) is 0.875. The van der Waals surface area contributed by atoms with E-state index in [2.05, 4.69) is 9.84 Å². The molecule has 19 heavy (non-hydrogen) atoms. The molecule has 1 amide bonds. The Kier molecular flexibility index (Phi) is 5.39. The minimum absolute atomic E-state index is 0.679. The Hall–Kier alpha value is -0.610. The Morgan fingerprint density at radius 3 is 2.53 bits per heavy atom. The molecular weight excluding hydrogens is 288 g/mol. The fourth-order valence-corrected chi connectivity index (χ4v) is 2.12. The number of nitrogens with one attached hydrogen (secondary N) is 1. The van der Waals surface area contributed by atoms with Crippen molar-refractivity contribution in [3.8, 4) is 0 Å². The number of alkyl halides is 1. The Bertz CT molecular complexity index is 376. The normalized spacial score (nSPS) is 36.0. The summed E-state index contributed by atoms with van der Waals surface area (Å²) in [5, 5.41) is 20.6. The summed E-state index contributed by atoms with van der Waals surface area (Å²) in [6.45, 7) is 0.235. The maximum absolute atomic E-state index is 13.6. The number of phosphoric acid groups is 1. The van der Waals surface area contributed by atoms with Crippen molar-refractivity contribution in [1.29, 1.82) is 0 Å². The van der Waals surface area contributed by atoms with Crippen LogP contribution in [0.4, 0.5) is 4.39 Å². The Morgan fingerprint density at radius 1 is 1.53 bits per heavy atom. The third-order valence-electron chi connectivity index (χ3n) is 2.44. The van der Waals surface area contributed by atoms with Crippen molar-refractivity contribution in [3.05, 3.63) is 0 Å². The number of rotatable bonds is 4. The molecular formula is C8H15FNO8P. The second kappa shape index (κ2) is 6.23. The van der Waals surface area contributed by atoms with Crippen LogP contribution >= 0.6 is 7.82 Å². The van der Waals surface area contributed by atoms with E-state index in [0.29, 0.717) is 0 Å². The topological polar surface area (TPSA) is 146 Å². The second-order valence-electron chi connectivity index (χ2n) is 3.98. The number of carbonyl (C=O) groups is 1. The van der Waals surface area contributed by atoms with Gasteiger partial charge in [-0.3, -0.25) is 9.32 Å². The molecule has 0 spiro atoms. The number of aliphatic hydroxyl groups excluding tert-OH is 2. The lowest BCUT2D eigenvalue weighted by atomic mass is 9.98. The maximum Gasteiger partial charge on any atom is 0.472 e. The first-order valence-electron chi connectivity index (χ1n) is 5.25. The zero-order valence-corrected chi connectivity index (χ0v) is 10.7. The average molecular weight is 303 g/mol. The first-order valence-corrected chi connectivity index (χ1v) is 6.78. The molecule has 1 fully saturated rings. The molecule has 0 radical (unpaired) electrons. The summed E-state index contributed by atoms with van der Waals surface area (Å²) in [5.74, 6) is -0.679. The molecule has 0 bridgehead atoms. The van der Waals surface area contributed by atoms with Crippen LogP contribution in [0.25, 0.3) is 0 Å². The number of carbonyl (C=O) groups excluding carboxylic acids is 1. The lowest BCUT2D eigenvalue weighted by molar-refractivity contribution is -0.234. The van der Waals surface area contributed by atoms with Crippen LogP contribution in [0.3, 0.4) is 0 Å². The first-order chi connectivity index (χ1) is 8.65. The van der Waals surface area contributed by atoms with Gasteiger partial charge in [-0.15, -0.1) is 0 Å². The van der Waals surface area contributed by atoms with E-state index in [0.717, 1.165) is 6.92 Å². The number of hydrogen-bond acceptors (Lipinski definition) is 6. The zero-order chi connectivity index (χ0) is 14.8. The number of halogens is 1. The molecule has 1 saturated heterocycles. The highest BCUT2D eigenvalue weighted by molar-refractivity contribution is 7.46. The third kappa shape index (κ3) is 4.46. The van der Waals surface area contributed by atoms with Gasteiger partial charge < -0.3 is 30.1 Å². The number of aliphatic hydroxyl groups is 2. The van der Waals surface area contributed by atoms with Gasteiger partial charge >= 0.3 is 7.82 Å². The SMILES string of the molecule is CC(=O)N[C@H]1[C@@H](OP(=O)(O)O)O[C@H](CO)[C@H](F)[C@@H]1O. The molecule has 0 aromatic rings. The fourth-order valence-electron chi connectivity index (χ4n) is 1.67. The zero-order valence-electron chi connectivity index (χ0n) is 9.84. The van der Waals surface area contributed by atoms with Crippen molar-refractivity contribution < 1.29 is 43.0 Å². The molecule has 1 heterocycles. The van der Waals surface area contributed by atoms with Gasteiger partial charge in [0.05, 0.1) is 6.61 Å². The molecule has 11 heteroatoms. The summed E-state index contributed by atoms with van der Waals surface area (Å²) in [6, 6.07) is -1.51. The molecule has 0 unspecified atom stereocenters. The lowest BCUT2D eigenvalue weighted by Crippen LogP contribution is -2.63. The van der Waals surface area contributed by atoms with Crippen LogP contribution in [0, 0.1) is 0 Å². The van der Waals surface area contributed by atoms with Crippen LogP contribution < -0.4 is 5.32 Å². The van der Waals surface area contributed by atoms with E-state index in [9.17, 15) is 18.9 Å². The second-order valence-corrected chi connectivity index (χ2v) is 5.17. The Morgan fingerprint density at radius 2 is 2.11 bits per heavy atom. The highest BCUT2D eigenvalue weighted by Crippen LogP contribution is 2.40. The molecule has 5 N–H and O–H groups in total. The van der Waals surface area contributed by atoms with Crippen molar-refractivity contribution in [2.24, 2.45) is 0 Å². The van der Waals surface area contributed by atoms with Gasteiger partial charge in [-0.1, -0.05) is 0 Å². The average Bonchev–Trinajstić information content (AvgIpc) is 2.26. The molecule has 1 rings (SSSR count). The van der Waals surface area contributed by atoms with Crippen molar-refractivity contribution in [1.82, 2.24) is 5.32 Å². The van der Waals surface area contributed by atoms with Crippen LogP contribution in [0.2, 0.25) is 0 Å². The summed E-state index contributed by atoms with van der Waals surface area (Å²) in [7, 11) is -4.99. The molecule has 0 aromatic carbocycles. The first kappa shape index (κ1) is 16.4. The van der Waals surface area contributed by atoms with Crippen LogP contribution in [-0.2, 0) is 18.6 Å².